The molecule has 96 valence electrons. The average molecular weight is 256 g/mol. The van der Waals surface area contributed by atoms with E-state index in [9.17, 15) is 4.79 Å². The van der Waals surface area contributed by atoms with Gasteiger partial charge in [0.15, 0.2) is 0 Å². The fourth-order valence-electron chi connectivity index (χ4n) is 1.71. The van der Waals surface area contributed by atoms with Crippen molar-refractivity contribution in [2.45, 2.75) is 33.6 Å². The maximum Gasteiger partial charge on any atom is 0.226 e. The molecule has 1 rings (SSSR count). The molecule has 1 atom stereocenters. The van der Waals surface area contributed by atoms with Crippen molar-refractivity contribution in [1.82, 2.24) is 10.2 Å². The molecular weight excluding hydrogens is 236 g/mol. The van der Waals surface area contributed by atoms with E-state index in [0.717, 1.165) is 11.4 Å². The fraction of sp³-hybridized carbons (Fsp3) is 0.727. The minimum atomic E-state index is -0.0303. The number of amides is 1. The van der Waals surface area contributed by atoms with Crippen LogP contribution in [0.1, 0.15) is 31.7 Å². The lowest BCUT2D eigenvalue weighted by molar-refractivity contribution is -0.117. The van der Waals surface area contributed by atoms with E-state index >= 15 is 0 Å². The number of aromatic nitrogens is 2. The molecule has 17 heavy (non-hydrogen) atoms. The van der Waals surface area contributed by atoms with Crippen LogP contribution < -0.4 is 11.1 Å². The summed E-state index contributed by atoms with van der Waals surface area (Å²) in [6, 6.07) is 0. The number of nitrogens with two attached hydrogens (primary N) is 1. The zero-order valence-corrected chi connectivity index (χ0v) is 11.4. The Kier molecular flexibility index (Phi) is 5.50. The third-order valence-electron chi connectivity index (χ3n) is 2.38. The van der Waals surface area contributed by atoms with Gasteiger partial charge in [-0.2, -0.15) is 0 Å². The first-order chi connectivity index (χ1) is 8.01. The van der Waals surface area contributed by atoms with Gasteiger partial charge in [0.25, 0.3) is 0 Å². The number of nitrogens with zero attached hydrogens (tertiary/aromatic N) is 2. The largest absolute Gasteiger partial charge is 0.330 e. The number of aryl methyl sites for hydroxylation is 1. The molecule has 0 saturated carbocycles. The number of anilines is 1. The maximum atomic E-state index is 11.7. The van der Waals surface area contributed by atoms with Gasteiger partial charge in [0.05, 0.1) is 0 Å². The van der Waals surface area contributed by atoms with Gasteiger partial charge >= 0.3 is 0 Å². The molecular formula is C11H20N4OS. The zero-order valence-electron chi connectivity index (χ0n) is 10.6. The van der Waals surface area contributed by atoms with Crippen LogP contribution >= 0.6 is 11.3 Å². The van der Waals surface area contributed by atoms with Crippen LogP contribution in [0.15, 0.2) is 0 Å². The lowest BCUT2D eigenvalue weighted by atomic mass is 9.94. The Hall–Kier alpha value is -1.01. The van der Waals surface area contributed by atoms with Gasteiger partial charge in [-0.25, -0.2) is 0 Å². The quantitative estimate of drug-likeness (QED) is 0.813. The molecule has 0 aliphatic carbocycles. The van der Waals surface area contributed by atoms with Crippen molar-refractivity contribution in [2.24, 2.45) is 17.6 Å². The maximum absolute atomic E-state index is 11.7. The second-order valence-corrected chi connectivity index (χ2v) is 5.79. The summed E-state index contributed by atoms with van der Waals surface area (Å²) in [5.41, 5.74) is 5.66. The van der Waals surface area contributed by atoms with E-state index < -0.39 is 0 Å². The average Bonchev–Trinajstić information content (AvgIpc) is 2.62. The Morgan fingerprint density at radius 2 is 2.18 bits per heavy atom. The van der Waals surface area contributed by atoms with E-state index in [2.05, 4.69) is 29.4 Å². The first-order valence-corrected chi connectivity index (χ1v) is 6.63. The fourth-order valence-corrected chi connectivity index (χ4v) is 2.32. The van der Waals surface area contributed by atoms with Crippen LogP contribution in [0.3, 0.4) is 0 Å². The number of hydrogen-bond acceptors (Lipinski definition) is 5. The van der Waals surface area contributed by atoms with Crippen molar-refractivity contribution in [3.8, 4) is 0 Å². The molecule has 0 aliphatic rings. The first-order valence-electron chi connectivity index (χ1n) is 5.81. The van der Waals surface area contributed by atoms with Crippen LogP contribution in [0.25, 0.3) is 0 Å². The summed E-state index contributed by atoms with van der Waals surface area (Å²) >= 11 is 1.38. The third kappa shape index (κ3) is 5.23. The molecule has 1 heterocycles. The SMILES string of the molecule is Cc1nnc(NC(=O)C[C@@H](CN)CC(C)C)s1. The van der Waals surface area contributed by atoms with Gasteiger partial charge in [-0.15, -0.1) is 10.2 Å². The van der Waals surface area contributed by atoms with Crippen LogP contribution in [0.4, 0.5) is 5.13 Å². The third-order valence-corrected chi connectivity index (χ3v) is 3.14. The Bertz CT molecular complexity index is 364. The summed E-state index contributed by atoms with van der Waals surface area (Å²) < 4.78 is 0. The van der Waals surface area contributed by atoms with Gasteiger partial charge in [-0.1, -0.05) is 25.2 Å². The molecule has 1 amide bonds. The molecule has 0 saturated heterocycles. The number of carbonyl (C=O) groups excluding carboxylic acids is 1. The lowest BCUT2D eigenvalue weighted by Gasteiger charge is -2.15. The van der Waals surface area contributed by atoms with Crippen LogP contribution in [-0.2, 0) is 4.79 Å². The predicted octanol–water partition coefficient (Wildman–Crippen LogP) is 1.80. The number of rotatable bonds is 6. The van der Waals surface area contributed by atoms with Crippen molar-refractivity contribution in [1.29, 1.82) is 0 Å². The molecule has 1 aromatic heterocycles. The van der Waals surface area contributed by atoms with Crippen molar-refractivity contribution in [3.63, 3.8) is 0 Å². The van der Waals surface area contributed by atoms with E-state index in [4.69, 9.17) is 5.73 Å². The van der Waals surface area contributed by atoms with Gasteiger partial charge in [-0.3, -0.25) is 4.79 Å². The van der Waals surface area contributed by atoms with E-state index in [1.54, 1.807) is 0 Å². The van der Waals surface area contributed by atoms with Gasteiger partial charge in [-0.05, 0) is 31.7 Å². The summed E-state index contributed by atoms with van der Waals surface area (Å²) in [6.45, 7) is 6.67. The highest BCUT2D eigenvalue weighted by Crippen LogP contribution is 2.17. The summed E-state index contributed by atoms with van der Waals surface area (Å²) in [6.07, 6.45) is 1.42. The smallest absolute Gasteiger partial charge is 0.226 e. The predicted molar refractivity (Wildman–Crippen MR) is 69.9 cm³/mol. The molecule has 0 spiro atoms. The lowest BCUT2D eigenvalue weighted by Crippen LogP contribution is -2.23. The van der Waals surface area contributed by atoms with Crippen molar-refractivity contribution < 1.29 is 4.79 Å². The highest BCUT2D eigenvalue weighted by molar-refractivity contribution is 7.15. The minimum absolute atomic E-state index is 0.0303. The first kappa shape index (κ1) is 14.1. The second kappa shape index (κ2) is 6.66. The van der Waals surface area contributed by atoms with E-state index in [1.807, 2.05) is 6.92 Å². The van der Waals surface area contributed by atoms with E-state index in [0.29, 0.717) is 24.0 Å². The topological polar surface area (TPSA) is 80.9 Å². The summed E-state index contributed by atoms with van der Waals surface area (Å²) in [4.78, 5) is 11.7. The molecule has 0 radical (unpaired) electrons. The highest BCUT2D eigenvalue weighted by atomic mass is 32.1. The van der Waals surface area contributed by atoms with E-state index in [1.165, 1.54) is 11.3 Å². The van der Waals surface area contributed by atoms with Gasteiger partial charge in [0.2, 0.25) is 11.0 Å². The molecule has 0 aliphatic heterocycles. The van der Waals surface area contributed by atoms with Crippen molar-refractivity contribution in [3.05, 3.63) is 5.01 Å². The molecule has 5 nitrogen and oxygen atoms in total. The van der Waals surface area contributed by atoms with Crippen LogP contribution in [0.5, 0.6) is 0 Å². The minimum Gasteiger partial charge on any atom is -0.330 e. The van der Waals surface area contributed by atoms with E-state index in [-0.39, 0.29) is 11.8 Å². The molecule has 0 aromatic carbocycles. The summed E-state index contributed by atoms with van der Waals surface area (Å²) in [5, 5.41) is 11.9. The molecule has 3 N–H and O–H groups in total. The van der Waals surface area contributed by atoms with Crippen molar-refractivity contribution in [2.75, 3.05) is 11.9 Å². The molecule has 0 bridgehead atoms. The number of nitrogens with one attached hydrogen (secondary N) is 1. The normalized spacial score (nSPS) is 12.8. The van der Waals surface area contributed by atoms with Crippen LogP contribution in [0, 0.1) is 18.8 Å². The Morgan fingerprint density at radius 1 is 1.47 bits per heavy atom. The molecule has 0 fully saturated rings. The van der Waals surface area contributed by atoms with Crippen LogP contribution in [-0.4, -0.2) is 22.6 Å². The molecule has 0 unspecified atom stereocenters. The highest BCUT2D eigenvalue weighted by Gasteiger charge is 2.15. The molecule has 6 heteroatoms. The molecule has 1 aromatic rings. The Balaban J connectivity index is 2.42. The Morgan fingerprint density at radius 3 is 2.65 bits per heavy atom. The van der Waals surface area contributed by atoms with Gasteiger partial charge < -0.3 is 11.1 Å². The second-order valence-electron chi connectivity index (χ2n) is 4.61. The summed E-state index contributed by atoms with van der Waals surface area (Å²) in [7, 11) is 0. The standard InChI is InChI=1S/C11H20N4OS/c1-7(2)4-9(6-12)5-10(16)13-11-15-14-8(3)17-11/h7,9H,4-6,12H2,1-3H3,(H,13,15,16)/t9-/m0/s1. The Labute approximate surface area is 106 Å². The zero-order chi connectivity index (χ0) is 12.8. The summed E-state index contributed by atoms with van der Waals surface area (Å²) in [5.74, 6) is 0.765. The van der Waals surface area contributed by atoms with Crippen LogP contribution in [0.2, 0.25) is 0 Å². The van der Waals surface area contributed by atoms with Gasteiger partial charge in [0, 0.05) is 6.42 Å². The number of hydrogen-bond donors (Lipinski definition) is 2. The number of carbonyl (C=O) groups is 1. The van der Waals surface area contributed by atoms with Gasteiger partial charge in [0.1, 0.15) is 5.01 Å². The monoisotopic (exact) mass is 256 g/mol. The van der Waals surface area contributed by atoms with Crippen molar-refractivity contribution >= 4 is 22.4 Å².